The van der Waals surface area contributed by atoms with E-state index < -0.39 is 11.5 Å². The minimum atomic E-state index is -1.20. The standard InChI is InChI=1S/C19H27NO4/c1-19(2,18(22)23)20(3)17(21)12-11-14-7-6-10-16(13-14)24-15-8-4-5-9-15/h6-7,10,13,15H,4-5,8-9,11-12H2,1-3H3,(H,22,23). The van der Waals surface area contributed by atoms with Gasteiger partial charge in [0.1, 0.15) is 11.3 Å². The van der Waals surface area contributed by atoms with Crippen LogP contribution in [0.1, 0.15) is 51.5 Å². The van der Waals surface area contributed by atoms with Crippen molar-refractivity contribution < 1.29 is 19.4 Å². The molecule has 1 aromatic rings. The van der Waals surface area contributed by atoms with Gasteiger partial charge in [-0.1, -0.05) is 12.1 Å². The Balaban J connectivity index is 1.91. The van der Waals surface area contributed by atoms with E-state index in [2.05, 4.69) is 0 Å². The van der Waals surface area contributed by atoms with Gasteiger partial charge in [-0.15, -0.1) is 0 Å². The van der Waals surface area contributed by atoms with Crippen molar-refractivity contribution in [2.24, 2.45) is 0 Å². The Morgan fingerprint density at radius 2 is 1.96 bits per heavy atom. The van der Waals surface area contributed by atoms with Crippen molar-refractivity contribution in [3.05, 3.63) is 29.8 Å². The van der Waals surface area contributed by atoms with Gasteiger partial charge in [-0.3, -0.25) is 4.79 Å². The van der Waals surface area contributed by atoms with Crippen LogP contribution in [0.2, 0.25) is 0 Å². The lowest BCUT2D eigenvalue weighted by Crippen LogP contribution is -2.50. The van der Waals surface area contributed by atoms with Gasteiger partial charge in [0.05, 0.1) is 6.10 Å². The number of rotatable bonds is 7. The smallest absolute Gasteiger partial charge is 0.329 e. The molecule has 0 aliphatic heterocycles. The van der Waals surface area contributed by atoms with Crippen molar-refractivity contribution in [2.75, 3.05) is 7.05 Å². The summed E-state index contributed by atoms with van der Waals surface area (Å²) in [6.45, 7) is 3.06. The molecule has 1 aliphatic rings. The SMILES string of the molecule is CN(C(=O)CCc1cccc(OC2CCCC2)c1)C(C)(C)C(=O)O. The van der Waals surface area contributed by atoms with Crippen LogP contribution in [-0.4, -0.2) is 40.6 Å². The lowest BCUT2D eigenvalue weighted by molar-refractivity contribution is -0.155. The number of likely N-dealkylation sites (N-methyl/N-ethyl adjacent to an activating group) is 1. The van der Waals surface area contributed by atoms with Crippen LogP contribution in [0.5, 0.6) is 5.75 Å². The second-order valence-corrected chi connectivity index (χ2v) is 6.99. The van der Waals surface area contributed by atoms with Crippen molar-refractivity contribution in [1.82, 2.24) is 4.90 Å². The van der Waals surface area contributed by atoms with Crippen molar-refractivity contribution in [2.45, 2.75) is 64.0 Å². The minimum absolute atomic E-state index is 0.176. The van der Waals surface area contributed by atoms with Crippen LogP contribution in [0.4, 0.5) is 0 Å². The number of carbonyl (C=O) groups excluding carboxylic acids is 1. The molecule has 1 aromatic carbocycles. The van der Waals surface area contributed by atoms with Crippen LogP contribution in [0.25, 0.3) is 0 Å². The van der Waals surface area contributed by atoms with Crippen molar-refractivity contribution in [1.29, 1.82) is 0 Å². The molecule has 132 valence electrons. The summed E-state index contributed by atoms with van der Waals surface area (Å²) in [5.41, 5.74) is -0.176. The summed E-state index contributed by atoms with van der Waals surface area (Å²) in [4.78, 5) is 24.8. The maximum absolute atomic E-state index is 12.3. The quantitative estimate of drug-likeness (QED) is 0.832. The van der Waals surface area contributed by atoms with Gasteiger partial charge in [-0.05, 0) is 63.6 Å². The number of aliphatic carboxylic acids is 1. The predicted molar refractivity (Wildman–Crippen MR) is 92.1 cm³/mol. The average molecular weight is 333 g/mol. The summed E-state index contributed by atoms with van der Waals surface area (Å²) in [5, 5.41) is 9.21. The van der Waals surface area contributed by atoms with E-state index in [1.54, 1.807) is 0 Å². The van der Waals surface area contributed by atoms with E-state index in [4.69, 9.17) is 4.74 Å². The number of nitrogens with zero attached hydrogens (tertiary/aromatic N) is 1. The number of aryl methyl sites for hydroxylation is 1. The van der Waals surface area contributed by atoms with Gasteiger partial charge in [0.25, 0.3) is 0 Å². The van der Waals surface area contributed by atoms with Gasteiger partial charge in [-0.25, -0.2) is 4.79 Å². The molecule has 5 nitrogen and oxygen atoms in total. The first-order valence-corrected chi connectivity index (χ1v) is 8.56. The maximum atomic E-state index is 12.3. The third kappa shape index (κ3) is 4.49. The molecule has 1 fully saturated rings. The number of carbonyl (C=O) groups is 2. The molecule has 2 rings (SSSR count). The van der Waals surface area contributed by atoms with Crippen LogP contribution in [-0.2, 0) is 16.0 Å². The van der Waals surface area contributed by atoms with Crippen LogP contribution in [0.15, 0.2) is 24.3 Å². The molecule has 0 unspecified atom stereocenters. The van der Waals surface area contributed by atoms with Crippen molar-refractivity contribution in [3.63, 3.8) is 0 Å². The van der Waals surface area contributed by atoms with E-state index in [9.17, 15) is 14.7 Å². The van der Waals surface area contributed by atoms with E-state index in [0.29, 0.717) is 12.5 Å². The van der Waals surface area contributed by atoms with E-state index >= 15 is 0 Å². The van der Waals surface area contributed by atoms with E-state index in [1.165, 1.54) is 38.6 Å². The van der Waals surface area contributed by atoms with Crippen LogP contribution in [0, 0.1) is 0 Å². The normalized spacial score (nSPS) is 15.3. The Hall–Kier alpha value is -2.04. The number of ether oxygens (including phenoxy) is 1. The molecule has 1 aliphatic carbocycles. The molecule has 24 heavy (non-hydrogen) atoms. The number of benzene rings is 1. The maximum Gasteiger partial charge on any atom is 0.329 e. The topological polar surface area (TPSA) is 66.8 Å². The first kappa shape index (κ1) is 18.3. The average Bonchev–Trinajstić information content (AvgIpc) is 3.05. The first-order valence-electron chi connectivity index (χ1n) is 8.56. The second kappa shape index (κ2) is 7.69. The van der Waals surface area contributed by atoms with E-state index in [1.807, 2.05) is 24.3 Å². The molecular formula is C19H27NO4. The minimum Gasteiger partial charge on any atom is -0.490 e. The van der Waals surface area contributed by atoms with Crippen LogP contribution < -0.4 is 4.74 Å². The number of hydrogen-bond acceptors (Lipinski definition) is 3. The molecule has 0 atom stereocenters. The highest BCUT2D eigenvalue weighted by Crippen LogP contribution is 2.25. The third-order valence-corrected chi connectivity index (χ3v) is 4.87. The fourth-order valence-corrected chi connectivity index (χ4v) is 2.85. The van der Waals surface area contributed by atoms with Crippen molar-refractivity contribution >= 4 is 11.9 Å². The Morgan fingerprint density at radius 1 is 1.29 bits per heavy atom. The third-order valence-electron chi connectivity index (χ3n) is 4.87. The zero-order chi connectivity index (χ0) is 17.7. The Labute approximate surface area is 143 Å². The molecule has 1 amide bonds. The summed E-state index contributed by atoms with van der Waals surface area (Å²) in [7, 11) is 1.54. The summed E-state index contributed by atoms with van der Waals surface area (Å²) < 4.78 is 5.98. The molecule has 0 heterocycles. The fourth-order valence-electron chi connectivity index (χ4n) is 2.85. The highest BCUT2D eigenvalue weighted by molar-refractivity contribution is 5.86. The molecule has 0 aromatic heterocycles. The number of carboxylic acids is 1. The molecule has 0 bridgehead atoms. The largest absolute Gasteiger partial charge is 0.490 e. The van der Waals surface area contributed by atoms with Gasteiger partial charge in [-0.2, -0.15) is 0 Å². The van der Waals surface area contributed by atoms with Crippen LogP contribution >= 0.6 is 0 Å². The van der Waals surface area contributed by atoms with Gasteiger partial charge in [0.15, 0.2) is 0 Å². The number of amides is 1. The molecule has 0 radical (unpaired) electrons. The summed E-state index contributed by atoms with van der Waals surface area (Å²) in [6.07, 6.45) is 5.83. The molecule has 1 N–H and O–H groups in total. The van der Waals surface area contributed by atoms with E-state index in [-0.39, 0.29) is 12.3 Å². The molecular weight excluding hydrogens is 306 g/mol. The Bertz CT molecular complexity index is 591. The van der Waals surface area contributed by atoms with Gasteiger partial charge in [0.2, 0.25) is 5.91 Å². The van der Waals surface area contributed by atoms with Gasteiger partial charge in [0, 0.05) is 13.5 Å². The zero-order valence-electron chi connectivity index (χ0n) is 14.7. The number of hydrogen-bond donors (Lipinski definition) is 1. The molecule has 0 spiro atoms. The summed E-state index contributed by atoms with van der Waals surface area (Å²) >= 11 is 0. The second-order valence-electron chi connectivity index (χ2n) is 6.99. The van der Waals surface area contributed by atoms with Crippen molar-refractivity contribution in [3.8, 4) is 5.75 Å². The Kier molecular flexibility index (Phi) is 5.86. The van der Waals surface area contributed by atoms with Crippen LogP contribution in [0.3, 0.4) is 0 Å². The number of carboxylic acid groups (broad SMARTS) is 1. The summed E-state index contributed by atoms with van der Waals surface area (Å²) in [5.74, 6) is -0.333. The van der Waals surface area contributed by atoms with Gasteiger partial charge < -0.3 is 14.7 Å². The Morgan fingerprint density at radius 3 is 2.58 bits per heavy atom. The molecule has 1 saturated carbocycles. The van der Waals surface area contributed by atoms with E-state index in [0.717, 1.165) is 24.2 Å². The zero-order valence-corrected chi connectivity index (χ0v) is 14.7. The summed E-state index contributed by atoms with van der Waals surface area (Å²) in [6, 6.07) is 7.84. The van der Waals surface area contributed by atoms with Gasteiger partial charge >= 0.3 is 5.97 Å². The lowest BCUT2D eigenvalue weighted by atomic mass is 10.0. The lowest BCUT2D eigenvalue weighted by Gasteiger charge is -2.31. The predicted octanol–water partition coefficient (Wildman–Crippen LogP) is 3.26. The fraction of sp³-hybridized carbons (Fsp3) is 0.579. The monoisotopic (exact) mass is 333 g/mol. The molecule has 5 heteroatoms. The first-order chi connectivity index (χ1) is 11.3. The highest BCUT2D eigenvalue weighted by atomic mass is 16.5. The molecule has 0 saturated heterocycles. The highest BCUT2D eigenvalue weighted by Gasteiger charge is 2.34.